The molecule has 0 bridgehead atoms. The largest absolute Gasteiger partial charge is 0.486 e. The lowest BCUT2D eigenvalue weighted by atomic mass is 10.0. The van der Waals surface area contributed by atoms with Crippen LogP contribution < -0.4 is 15.0 Å². The van der Waals surface area contributed by atoms with Gasteiger partial charge in [0.25, 0.3) is 0 Å². The summed E-state index contributed by atoms with van der Waals surface area (Å²) in [5, 5.41) is 12.1. The van der Waals surface area contributed by atoms with Crippen molar-refractivity contribution in [2.24, 2.45) is 5.11 Å². The Morgan fingerprint density at radius 3 is 2.90 bits per heavy atom. The number of ether oxygens (including phenoxy) is 2. The van der Waals surface area contributed by atoms with E-state index in [1.165, 1.54) is 5.48 Å². The van der Waals surface area contributed by atoms with Crippen molar-refractivity contribution in [2.45, 2.75) is 18.9 Å². The second-order valence-electron chi connectivity index (χ2n) is 4.28. The molecule has 2 rings (SSSR count). The van der Waals surface area contributed by atoms with Gasteiger partial charge >= 0.3 is 0 Å². The molecule has 2 N–H and O–H groups in total. The van der Waals surface area contributed by atoms with E-state index in [0.717, 1.165) is 5.56 Å². The SMILES string of the molecule is [N-]=[N+]=N[C@@H](CC(=O)NO)Cc1ccc2c(c1)OCCO2. The zero-order valence-corrected chi connectivity index (χ0v) is 10.7. The maximum atomic E-state index is 11.1. The number of hydrogen-bond donors (Lipinski definition) is 2. The fourth-order valence-corrected chi connectivity index (χ4v) is 1.97. The summed E-state index contributed by atoms with van der Waals surface area (Å²) >= 11 is 0. The van der Waals surface area contributed by atoms with Crippen LogP contribution >= 0.6 is 0 Å². The van der Waals surface area contributed by atoms with Gasteiger partial charge in [-0.2, -0.15) is 0 Å². The first-order valence-electron chi connectivity index (χ1n) is 6.08. The van der Waals surface area contributed by atoms with Crippen LogP contribution in [0.1, 0.15) is 12.0 Å². The van der Waals surface area contributed by atoms with Crippen molar-refractivity contribution in [1.29, 1.82) is 0 Å². The van der Waals surface area contributed by atoms with Gasteiger partial charge in [0.05, 0.1) is 6.04 Å². The second kappa shape index (κ2) is 6.65. The minimum atomic E-state index is -0.597. The van der Waals surface area contributed by atoms with Crippen molar-refractivity contribution < 1.29 is 19.5 Å². The minimum absolute atomic E-state index is 0.0883. The number of hydroxylamine groups is 1. The predicted molar refractivity (Wildman–Crippen MR) is 68.6 cm³/mol. The number of azide groups is 1. The van der Waals surface area contributed by atoms with Crippen molar-refractivity contribution in [3.8, 4) is 11.5 Å². The van der Waals surface area contributed by atoms with Gasteiger partial charge in [0, 0.05) is 11.3 Å². The van der Waals surface area contributed by atoms with Crippen LogP contribution in [0.15, 0.2) is 23.3 Å². The number of carbonyl (C=O) groups is 1. The number of hydrogen-bond acceptors (Lipinski definition) is 5. The number of rotatable bonds is 5. The Morgan fingerprint density at radius 1 is 1.45 bits per heavy atom. The molecule has 0 aliphatic carbocycles. The summed E-state index contributed by atoms with van der Waals surface area (Å²) in [5.41, 5.74) is 10.9. The lowest BCUT2D eigenvalue weighted by molar-refractivity contribution is -0.129. The molecule has 0 aromatic heterocycles. The number of nitrogens with zero attached hydrogens (tertiary/aromatic N) is 3. The molecule has 106 valence electrons. The van der Waals surface area contributed by atoms with E-state index in [1.807, 2.05) is 6.07 Å². The molecule has 0 spiro atoms. The number of carbonyl (C=O) groups excluding carboxylic acids is 1. The molecule has 0 fully saturated rings. The molecule has 8 heteroatoms. The maximum Gasteiger partial charge on any atom is 0.243 e. The normalized spacial score (nSPS) is 14.1. The lowest BCUT2D eigenvalue weighted by Gasteiger charge is -2.19. The van der Waals surface area contributed by atoms with Gasteiger partial charge in [-0.05, 0) is 29.6 Å². The molecule has 1 aliphatic rings. The van der Waals surface area contributed by atoms with Crippen LogP contribution in [0.4, 0.5) is 0 Å². The van der Waals surface area contributed by atoms with Crippen molar-refractivity contribution in [3.63, 3.8) is 0 Å². The molecule has 8 nitrogen and oxygen atoms in total. The lowest BCUT2D eigenvalue weighted by Crippen LogP contribution is -2.24. The molecule has 1 aromatic rings. The Kier molecular flexibility index (Phi) is 4.65. The van der Waals surface area contributed by atoms with E-state index in [9.17, 15) is 4.79 Å². The van der Waals surface area contributed by atoms with Gasteiger partial charge in [0.15, 0.2) is 11.5 Å². The van der Waals surface area contributed by atoms with Crippen LogP contribution in [-0.2, 0) is 11.2 Å². The van der Waals surface area contributed by atoms with Gasteiger partial charge in [-0.3, -0.25) is 10.0 Å². The average Bonchev–Trinajstić information content (AvgIpc) is 2.47. The number of nitrogens with one attached hydrogen (secondary N) is 1. The van der Waals surface area contributed by atoms with E-state index in [1.54, 1.807) is 12.1 Å². The van der Waals surface area contributed by atoms with Crippen LogP contribution in [0.2, 0.25) is 0 Å². The number of fused-ring (bicyclic) bond motifs is 1. The second-order valence-corrected chi connectivity index (χ2v) is 4.28. The molecule has 1 atom stereocenters. The maximum absolute atomic E-state index is 11.1. The molecule has 0 radical (unpaired) electrons. The third kappa shape index (κ3) is 3.53. The Labute approximate surface area is 114 Å². The van der Waals surface area contributed by atoms with Gasteiger partial charge in [-0.15, -0.1) is 0 Å². The van der Waals surface area contributed by atoms with Gasteiger partial charge in [0.1, 0.15) is 13.2 Å². The molecule has 1 aliphatic heterocycles. The Hall–Kier alpha value is -2.44. The highest BCUT2D eigenvalue weighted by molar-refractivity contribution is 5.75. The van der Waals surface area contributed by atoms with Gasteiger partial charge in [-0.25, -0.2) is 5.48 Å². The van der Waals surface area contributed by atoms with Crippen molar-refractivity contribution in [2.75, 3.05) is 13.2 Å². The summed E-state index contributed by atoms with van der Waals surface area (Å²) in [6, 6.07) is 4.83. The fraction of sp³-hybridized carbons (Fsp3) is 0.417. The standard InChI is InChI=1S/C12H14N4O4/c13-16-14-9(7-12(17)15-18)5-8-1-2-10-11(6-8)20-4-3-19-10/h1-2,6,9,18H,3-5,7H2,(H,15,17)/t9-/m1/s1. The van der Waals surface area contributed by atoms with Crippen LogP contribution in [0.3, 0.4) is 0 Å². The highest BCUT2D eigenvalue weighted by atomic mass is 16.6. The molecule has 0 unspecified atom stereocenters. The highest BCUT2D eigenvalue weighted by Crippen LogP contribution is 2.31. The average molecular weight is 278 g/mol. The quantitative estimate of drug-likeness (QED) is 0.279. The van der Waals surface area contributed by atoms with Gasteiger partial charge in [-0.1, -0.05) is 11.2 Å². The first-order valence-corrected chi connectivity index (χ1v) is 6.08. The fourth-order valence-electron chi connectivity index (χ4n) is 1.97. The minimum Gasteiger partial charge on any atom is -0.486 e. The summed E-state index contributed by atoms with van der Waals surface area (Å²) < 4.78 is 10.9. The highest BCUT2D eigenvalue weighted by Gasteiger charge is 2.16. The third-order valence-electron chi connectivity index (χ3n) is 2.84. The van der Waals surface area contributed by atoms with E-state index < -0.39 is 11.9 Å². The third-order valence-corrected chi connectivity index (χ3v) is 2.84. The molecule has 20 heavy (non-hydrogen) atoms. The molecule has 1 aromatic carbocycles. The van der Waals surface area contributed by atoms with E-state index >= 15 is 0 Å². The Balaban J connectivity index is 2.09. The Morgan fingerprint density at radius 2 is 2.20 bits per heavy atom. The summed E-state index contributed by atoms with van der Waals surface area (Å²) in [6.45, 7) is 1.01. The van der Waals surface area contributed by atoms with Crippen molar-refractivity contribution in [3.05, 3.63) is 34.2 Å². The van der Waals surface area contributed by atoms with Gasteiger partial charge < -0.3 is 9.47 Å². The monoisotopic (exact) mass is 278 g/mol. The predicted octanol–water partition coefficient (Wildman–Crippen LogP) is 1.57. The van der Waals surface area contributed by atoms with E-state index in [2.05, 4.69) is 10.0 Å². The summed E-state index contributed by atoms with van der Waals surface area (Å²) in [4.78, 5) is 13.8. The van der Waals surface area contributed by atoms with Crippen molar-refractivity contribution >= 4 is 5.91 Å². The summed E-state index contributed by atoms with van der Waals surface area (Å²) in [7, 11) is 0. The number of benzene rings is 1. The molecule has 0 saturated heterocycles. The van der Waals surface area contributed by atoms with E-state index in [0.29, 0.717) is 31.1 Å². The van der Waals surface area contributed by atoms with E-state index in [4.69, 9.17) is 20.2 Å². The topological polar surface area (TPSA) is 117 Å². The zero-order valence-electron chi connectivity index (χ0n) is 10.7. The van der Waals surface area contributed by atoms with Gasteiger partial charge in [0.2, 0.25) is 5.91 Å². The summed E-state index contributed by atoms with van der Waals surface area (Å²) in [6.07, 6.45) is 0.281. The summed E-state index contributed by atoms with van der Waals surface area (Å²) in [5.74, 6) is 0.716. The first kappa shape index (κ1) is 14.0. The Bertz CT molecular complexity index is 542. The molecule has 1 amide bonds. The zero-order chi connectivity index (χ0) is 14.4. The van der Waals surface area contributed by atoms with Crippen LogP contribution in [-0.4, -0.2) is 30.4 Å². The van der Waals surface area contributed by atoms with Crippen LogP contribution in [0.5, 0.6) is 11.5 Å². The molecule has 1 heterocycles. The smallest absolute Gasteiger partial charge is 0.243 e. The molecular weight excluding hydrogens is 264 g/mol. The van der Waals surface area contributed by atoms with E-state index in [-0.39, 0.29) is 6.42 Å². The van der Waals surface area contributed by atoms with Crippen LogP contribution in [0, 0.1) is 0 Å². The molecular formula is C12H14N4O4. The molecule has 0 saturated carbocycles. The van der Waals surface area contributed by atoms with Crippen LogP contribution in [0.25, 0.3) is 10.4 Å². The van der Waals surface area contributed by atoms with Crippen molar-refractivity contribution in [1.82, 2.24) is 5.48 Å². The first-order chi connectivity index (χ1) is 9.72. The number of amides is 1.